The summed E-state index contributed by atoms with van der Waals surface area (Å²) >= 11 is 6.36. The van der Waals surface area contributed by atoms with Gasteiger partial charge in [0.15, 0.2) is 0 Å². The molecule has 0 spiro atoms. The predicted octanol–water partition coefficient (Wildman–Crippen LogP) is 5.14. The van der Waals surface area contributed by atoms with E-state index < -0.39 is 6.09 Å². The summed E-state index contributed by atoms with van der Waals surface area (Å²) in [4.78, 5) is 31.0. The number of piperidine rings is 1. The number of likely N-dealkylation sites (tertiary alicyclic amines) is 2. The number of carbonyl (C=O) groups is 2. The van der Waals surface area contributed by atoms with Crippen LogP contribution in [0.25, 0.3) is 0 Å². The molecule has 6 nitrogen and oxygen atoms in total. The lowest BCUT2D eigenvalue weighted by Crippen LogP contribution is -2.43. The van der Waals surface area contributed by atoms with E-state index in [1.54, 1.807) is 6.07 Å². The third-order valence-corrected chi connectivity index (χ3v) is 8.87. The van der Waals surface area contributed by atoms with Crippen molar-refractivity contribution in [3.8, 4) is 0 Å². The number of carbonyl (C=O) groups excluding carboxylic acids is 2. The van der Waals surface area contributed by atoms with Gasteiger partial charge in [0.2, 0.25) is 0 Å². The molecule has 5 rings (SSSR count). The average molecular weight is 559 g/mol. The largest absolute Gasteiger partial charge is 0.530 e. The highest BCUT2D eigenvalue weighted by molar-refractivity contribution is 6.33. The fraction of sp³-hybridized carbons (Fsp3) is 0.394. The molecule has 3 aromatic rings. The van der Waals surface area contributed by atoms with Crippen LogP contribution in [-0.2, 0) is 6.54 Å². The summed E-state index contributed by atoms with van der Waals surface area (Å²) in [5, 5.41) is 12.2. The van der Waals surface area contributed by atoms with Gasteiger partial charge in [0.05, 0.1) is 10.6 Å². The molecule has 0 aromatic heterocycles. The van der Waals surface area contributed by atoms with Crippen molar-refractivity contribution in [2.75, 3.05) is 39.3 Å². The predicted molar refractivity (Wildman–Crippen MR) is 156 cm³/mol. The van der Waals surface area contributed by atoms with Gasteiger partial charge in [-0.1, -0.05) is 84.4 Å². The Bertz CT molecular complexity index is 1260. The molecule has 0 unspecified atom stereocenters. The van der Waals surface area contributed by atoms with E-state index in [9.17, 15) is 14.7 Å². The Morgan fingerprint density at radius 2 is 1.52 bits per heavy atom. The number of benzene rings is 3. The van der Waals surface area contributed by atoms with Crippen LogP contribution in [0.1, 0.15) is 46.7 Å². The maximum Gasteiger partial charge on any atom is 0.255 e. The molecular formula is C33H37ClN3O3-. The van der Waals surface area contributed by atoms with Gasteiger partial charge in [0.1, 0.15) is 6.09 Å². The van der Waals surface area contributed by atoms with Gasteiger partial charge in [-0.2, -0.15) is 0 Å². The van der Waals surface area contributed by atoms with Crippen molar-refractivity contribution >= 4 is 23.6 Å². The van der Waals surface area contributed by atoms with Gasteiger partial charge in [-0.25, -0.2) is 0 Å². The van der Waals surface area contributed by atoms with Crippen molar-refractivity contribution in [2.45, 2.75) is 31.7 Å². The van der Waals surface area contributed by atoms with Crippen molar-refractivity contribution in [2.24, 2.45) is 11.8 Å². The first-order chi connectivity index (χ1) is 19.5. The van der Waals surface area contributed by atoms with E-state index in [4.69, 9.17) is 11.6 Å². The Labute approximate surface area is 242 Å². The highest BCUT2D eigenvalue weighted by atomic mass is 35.5. The molecule has 40 heavy (non-hydrogen) atoms. The number of nitrogens with zero attached hydrogens (tertiary/aromatic N) is 3. The van der Waals surface area contributed by atoms with Crippen molar-refractivity contribution in [1.82, 2.24) is 14.7 Å². The molecule has 2 fully saturated rings. The SMILES string of the molecule is O=C([O-])N(CCC1CCN(C[C@H]2CN(C(=O)c3ccccc3Cl)C[C@@H]2c2ccccc2)CC1)Cc1ccccc1. The summed E-state index contributed by atoms with van der Waals surface area (Å²) in [6, 6.07) is 27.5. The molecule has 0 saturated carbocycles. The Morgan fingerprint density at radius 1 is 0.875 bits per heavy atom. The zero-order valence-corrected chi connectivity index (χ0v) is 23.6. The zero-order chi connectivity index (χ0) is 27.9. The van der Waals surface area contributed by atoms with Gasteiger partial charge in [-0.3, -0.25) is 4.79 Å². The molecule has 0 bridgehead atoms. The minimum Gasteiger partial charge on any atom is -0.530 e. The van der Waals surface area contributed by atoms with Gasteiger partial charge in [0.25, 0.3) is 5.91 Å². The number of hydrogen-bond acceptors (Lipinski definition) is 4. The van der Waals surface area contributed by atoms with Crippen LogP contribution >= 0.6 is 11.6 Å². The van der Waals surface area contributed by atoms with Gasteiger partial charge >= 0.3 is 0 Å². The molecule has 0 N–H and O–H groups in total. The van der Waals surface area contributed by atoms with Crippen molar-refractivity contribution in [3.05, 3.63) is 107 Å². The summed E-state index contributed by atoms with van der Waals surface area (Å²) in [5.74, 6) is 1.12. The summed E-state index contributed by atoms with van der Waals surface area (Å²) < 4.78 is 0. The van der Waals surface area contributed by atoms with Gasteiger partial charge < -0.3 is 24.6 Å². The quantitative estimate of drug-likeness (QED) is 0.364. The standard InChI is InChI=1S/C33H38ClN3O3/c34-31-14-8-7-13-29(31)32(38)37-23-28(30(24-37)27-11-5-2-6-12-27)22-35-18-15-25(16-19-35)17-20-36(33(39)40)21-26-9-3-1-4-10-26/h1-14,25,28,30H,15-24H2,(H,39,40)/p-1/t28-,30+/m0/s1. The Balaban J connectivity index is 1.17. The van der Waals surface area contributed by atoms with Gasteiger partial charge in [-0.15, -0.1) is 0 Å². The topological polar surface area (TPSA) is 66.9 Å². The monoisotopic (exact) mass is 558 g/mol. The lowest BCUT2D eigenvalue weighted by atomic mass is 9.87. The highest BCUT2D eigenvalue weighted by Crippen LogP contribution is 2.35. The Morgan fingerprint density at radius 3 is 2.20 bits per heavy atom. The molecule has 3 aromatic carbocycles. The van der Waals surface area contributed by atoms with Gasteiger partial charge in [-0.05, 0) is 67.4 Å². The maximum atomic E-state index is 13.4. The molecular weight excluding hydrogens is 522 g/mol. The van der Waals surface area contributed by atoms with Crippen LogP contribution in [0.3, 0.4) is 0 Å². The zero-order valence-electron chi connectivity index (χ0n) is 22.8. The molecule has 0 radical (unpaired) electrons. The lowest BCUT2D eigenvalue weighted by molar-refractivity contribution is -0.266. The van der Waals surface area contributed by atoms with Crippen LogP contribution in [0.15, 0.2) is 84.9 Å². The third kappa shape index (κ3) is 7.04. The molecule has 7 heteroatoms. The molecule has 2 aliphatic rings. The first-order valence-electron chi connectivity index (χ1n) is 14.3. The molecule has 2 saturated heterocycles. The Hall–Kier alpha value is -3.35. The second-order valence-corrected chi connectivity index (χ2v) is 11.6. The summed E-state index contributed by atoms with van der Waals surface area (Å²) in [7, 11) is 0. The van der Waals surface area contributed by atoms with Crippen LogP contribution in [0.5, 0.6) is 0 Å². The average Bonchev–Trinajstić information content (AvgIpc) is 3.40. The molecule has 2 aliphatic heterocycles. The van der Waals surface area contributed by atoms with E-state index in [0.717, 1.165) is 44.5 Å². The van der Waals surface area contributed by atoms with E-state index in [0.29, 0.717) is 48.6 Å². The van der Waals surface area contributed by atoms with E-state index in [1.807, 2.05) is 59.5 Å². The van der Waals surface area contributed by atoms with Crippen LogP contribution < -0.4 is 5.11 Å². The van der Waals surface area contributed by atoms with Crippen molar-refractivity contribution in [3.63, 3.8) is 0 Å². The first kappa shape index (κ1) is 28.2. The number of rotatable bonds is 9. The van der Waals surface area contributed by atoms with E-state index >= 15 is 0 Å². The normalized spacial score (nSPS) is 20.0. The van der Waals surface area contributed by atoms with Crippen LogP contribution in [0.2, 0.25) is 5.02 Å². The smallest absolute Gasteiger partial charge is 0.255 e. The molecule has 0 aliphatic carbocycles. The van der Waals surface area contributed by atoms with Gasteiger partial charge in [0, 0.05) is 38.6 Å². The first-order valence-corrected chi connectivity index (χ1v) is 14.7. The Kier molecular flexibility index (Phi) is 9.40. The van der Waals surface area contributed by atoms with E-state index in [2.05, 4.69) is 29.2 Å². The second kappa shape index (κ2) is 13.3. The minimum absolute atomic E-state index is 0.000663. The molecule has 2 atom stereocenters. The van der Waals surface area contributed by atoms with E-state index in [1.165, 1.54) is 10.5 Å². The van der Waals surface area contributed by atoms with E-state index in [-0.39, 0.29) is 11.8 Å². The molecule has 2 heterocycles. The summed E-state index contributed by atoms with van der Waals surface area (Å²) in [5.41, 5.74) is 2.82. The van der Waals surface area contributed by atoms with Crippen molar-refractivity contribution < 1.29 is 14.7 Å². The maximum absolute atomic E-state index is 13.4. The molecule has 210 valence electrons. The number of carboxylic acid groups (broad SMARTS) is 1. The fourth-order valence-electron chi connectivity index (χ4n) is 6.27. The fourth-order valence-corrected chi connectivity index (χ4v) is 6.49. The number of amides is 2. The summed E-state index contributed by atoms with van der Waals surface area (Å²) in [6.45, 7) is 5.20. The lowest BCUT2D eigenvalue weighted by Gasteiger charge is -2.35. The number of halogens is 1. The van der Waals surface area contributed by atoms with Crippen molar-refractivity contribution in [1.29, 1.82) is 0 Å². The highest BCUT2D eigenvalue weighted by Gasteiger charge is 2.38. The van der Waals surface area contributed by atoms with Crippen LogP contribution in [-0.4, -0.2) is 66.0 Å². The number of hydrogen-bond donors (Lipinski definition) is 0. The minimum atomic E-state index is -1.11. The van der Waals surface area contributed by atoms with Crippen LogP contribution in [0.4, 0.5) is 4.79 Å². The molecule has 2 amide bonds. The summed E-state index contributed by atoms with van der Waals surface area (Å²) in [6.07, 6.45) is 1.85. The van der Waals surface area contributed by atoms with Crippen LogP contribution in [0, 0.1) is 11.8 Å². The second-order valence-electron chi connectivity index (χ2n) is 11.2. The third-order valence-electron chi connectivity index (χ3n) is 8.54.